The highest BCUT2D eigenvalue weighted by Crippen LogP contribution is 2.29. The van der Waals surface area contributed by atoms with Gasteiger partial charge in [0.05, 0.1) is 12.0 Å². The van der Waals surface area contributed by atoms with E-state index in [-0.39, 0.29) is 5.91 Å². The molecule has 0 unspecified atom stereocenters. The normalized spacial score (nSPS) is 17.2. The largest absolute Gasteiger partial charge is 0.492 e. The lowest BCUT2D eigenvalue weighted by atomic mass is 9.79. The smallest absolute Gasteiger partial charge is 0.227 e. The Labute approximate surface area is 129 Å². The second kappa shape index (κ2) is 7.64. The van der Waals surface area contributed by atoms with Gasteiger partial charge in [-0.3, -0.25) is 4.79 Å². The number of rotatable bonds is 6. The van der Waals surface area contributed by atoms with Crippen LogP contribution in [0.5, 0.6) is 5.75 Å². The summed E-state index contributed by atoms with van der Waals surface area (Å²) in [7, 11) is 0. The van der Waals surface area contributed by atoms with Crippen LogP contribution in [0, 0.1) is 5.41 Å². The van der Waals surface area contributed by atoms with E-state index < -0.39 is 5.41 Å². The Morgan fingerprint density at radius 3 is 2.86 bits per heavy atom. The molecule has 21 heavy (non-hydrogen) atoms. The van der Waals surface area contributed by atoms with Crippen LogP contribution in [-0.4, -0.2) is 38.8 Å². The molecule has 1 amide bonds. The van der Waals surface area contributed by atoms with Gasteiger partial charge in [0.1, 0.15) is 12.4 Å². The highest BCUT2D eigenvalue weighted by Gasteiger charge is 2.38. The maximum atomic E-state index is 12.3. The Bertz CT molecular complexity index is 476. The average molecular weight is 313 g/mol. The van der Waals surface area contributed by atoms with Crippen molar-refractivity contribution in [3.05, 3.63) is 29.3 Å². The molecule has 1 heterocycles. The molecular formula is C15H21ClN2O3. The summed E-state index contributed by atoms with van der Waals surface area (Å²) in [5.41, 5.74) is 5.30. The van der Waals surface area contributed by atoms with Gasteiger partial charge in [-0.25, -0.2) is 0 Å². The molecular weight excluding hydrogens is 292 g/mol. The third-order valence-electron chi connectivity index (χ3n) is 3.77. The van der Waals surface area contributed by atoms with E-state index in [1.165, 1.54) is 0 Å². The number of ether oxygens (including phenoxy) is 2. The number of benzene rings is 1. The van der Waals surface area contributed by atoms with Gasteiger partial charge in [0, 0.05) is 24.8 Å². The van der Waals surface area contributed by atoms with Crippen molar-refractivity contribution < 1.29 is 14.3 Å². The molecule has 1 fully saturated rings. The quantitative estimate of drug-likeness (QED) is 0.782. The Morgan fingerprint density at radius 2 is 2.19 bits per heavy atom. The third-order valence-corrected chi connectivity index (χ3v) is 4.01. The average Bonchev–Trinajstić information content (AvgIpc) is 2.52. The second-order valence-corrected chi connectivity index (χ2v) is 5.59. The van der Waals surface area contributed by atoms with E-state index in [2.05, 4.69) is 5.32 Å². The molecule has 1 saturated heterocycles. The predicted octanol–water partition coefficient (Wildman–Crippen LogP) is 1.59. The lowest BCUT2D eigenvalue weighted by Crippen LogP contribution is -2.49. The van der Waals surface area contributed by atoms with E-state index in [0.717, 1.165) is 0 Å². The Balaban J connectivity index is 1.76. The lowest BCUT2D eigenvalue weighted by molar-refractivity contribution is -0.136. The molecule has 5 nitrogen and oxygen atoms in total. The minimum Gasteiger partial charge on any atom is -0.492 e. The number of carbonyl (C=O) groups is 1. The molecule has 3 N–H and O–H groups in total. The van der Waals surface area contributed by atoms with Gasteiger partial charge in [0.2, 0.25) is 5.91 Å². The highest BCUT2D eigenvalue weighted by atomic mass is 35.5. The molecule has 0 aliphatic carbocycles. The van der Waals surface area contributed by atoms with Crippen molar-refractivity contribution in [1.82, 2.24) is 5.32 Å². The topological polar surface area (TPSA) is 73.6 Å². The zero-order valence-corrected chi connectivity index (χ0v) is 12.7. The molecule has 1 aromatic carbocycles. The van der Waals surface area contributed by atoms with Crippen molar-refractivity contribution in [3.63, 3.8) is 0 Å². The van der Waals surface area contributed by atoms with Crippen LogP contribution in [0.15, 0.2) is 24.3 Å². The van der Waals surface area contributed by atoms with Crippen molar-refractivity contribution in [1.29, 1.82) is 0 Å². The number of carbonyl (C=O) groups excluding carboxylic acids is 1. The van der Waals surface area contributed by atoms with Gasteiger partial charge in [-0.05, 0) is 31.0 Å². The Kier molecular flexibility index (Phi) is 5.85. The molecule has 0 saturated carbocycles. The number of amides is 1. The molecule has 0 spiro atoms. The summed E-state index contributed by atoms with van der Waals surface area (Å²) in [6.45, 7) is 2.35. The number of nitrogens with one attached hydrogen (secondary N) is 1. The van der Waals surface area contributed by atoms with Crippen molar-refractivity contribution >= 4 is 17.5 Å². The number of hydrogen-bond donors (Lipinski definition) is 2. The molecule has 116 valence electrons. The fourth-order valence-electron chi connectivity index (χ4n) is 2.36. The first-order valence-electron chi connectivity index (χ1n) is 7.11. The van der Waals surface area contributed by atoms with E-state index in [1.54, 1.807) is 12.1 Å². The van der Waals surface area contributed by atoms with Gasteiger partial charge < -0.3 is 20.5 Å². The molecule has 0 aromatic heterocycles. The van der Waals surface area contributed by atoms with Gasteiger partial charge in [-0.15, -0.1) is 0 Å². The monoisotopic (exact) mass is 312 g/mol. The summed E-state index contributed by atoms with van der Waals surface area (Å²) in [6, 6.07) is 7.17. The van der Waals surface area contributed by atoms with Crippen LogP contribution in [0.2, 0.25) is 5.02 Å². The van der Waals surface area contributed by atoms with E-state index >= 15 is 0 Å². The van der Waals surface area contributed by atoms with Crippen LogP contribution in [0.1, 0.15) is 12.8 Å². The minimum absolute atomic E-state index is 0.0111. The van der Waals surface area contributed by atoms with Crippen molar-refractivity contribution in [2.24, 2.45) is 11.1 Å². The van der Waals surface area contributed by atoms with Gasteiger partial charge >= 0.3 is 0 Å². The number of nitrogens with two attached hydrogens (primary N) is 1. The first-order chi connectivity index (χ1) is 10.2. The van der Waals surface area contributed by atoms with Crippen LogP contribution in [0.3, 0.4) is 0 Å². The SMILES string of the molecule is NCC1(C(=O)NCCOc2cccc(Cl)c2)CCOCC1. The summed E-state index contributed by atoms with van der Waals surface area (Å²) >= 11 is 5.87. The predicted molar refractivity (Wildman–Crippen MR) is 81.5 cm³/mol. The maximum Gasteiger partial charge on any atom is 0.227 e. The first-order valence-corrected chi connectivity index (χ1v) is 7.49. The van der Waals surface area contributed by atoms with Gasteiger partial charge in [-0.1, -0.05) is 17.7 Å². The zero-order valence-electron chi connectivity index (χ0n) is 11.9. The van der Waals surface area contributed by atoms with Gasteiger partial charge in [0.25, 0.3) is 0 Å². The summed E-state index contributed by atoms with van der Waals surface area (Å²) < 4.78 is 10.8. The van der Waals surface area contributed by atoms with Crippen molar-refractivity contribution in [2.75, 3.05) is 32.9 Å². The van der Waals surface area contributed by atoms with Crippen molar-refractivity contribution in [3.8, 4) is 5.75 Å². The summed E-state index contributed by atoms with van der Waals surface area (Å²) in [5, 5.41) is 3.52. The van der Waals surface area contributed by atoms with Crippen LogP contribution in [0.4, 0.5) is 0 Å². The summed E-state index contributed by atoms with van der Waals surface area (Å²) in [5.74, 6) is 0.680. The lowest BCUT2D eigenvalue weighted by Gasteiger charge is -2.34. The molecule has 6 heteroatoms. The zero-order chi connectivity index (χ0) is 15.1. The van der Waals surface area contributed by atoms with E-state index in [0.29, 0.717) is 56.5 Å². The van der Waals surface area contributed by atoms with E-state index in [4.69, 9.17) is 26.8 Å². The molecule has 1 aromatic rings. The molecule has 2 rings (SSSR count). The highest BCUT2D eigenvalue weighted by molar-refractivity contribution is 6.30. The molecule has 0 atom stereocenters. The molecule has 1 aliphatic rings. The summed E-state index contributed by atoms with van der Waals surface area (Å²) in [6.07, 6.45) is 1.34. The fourth-order valence-corrected chi connectivity index (χ4v) is 2.54. The van der Waals surface area contributed by atoms with E-state index in [1.807, 2.05) is 12.1 Å². The first kappa shape index (κ1) is 16.1. The fraction of sp³-hybridized carbons (Fsp3) is 0.533. The number of hydrogen-bond acceptors (Lipinski definition) is 4. The van der Waals surface area contributed by atoms with Crippen LogP contribution in [0.25, 0.3) is 0 Å². The van der Waals surface area contributed by atoms with Gasteiger partial charge in [-0.2, -0.15) is 0 Å². The third kappa shape index (κ3) is 4.33. The van der Waals surface area contributed by atoms with Crippen molar-refractivity contribution in [2.45, 2.75) is 12.8 Å². The molecule has 1 aliphatic heterocycles. The minimum atomic E-state index is -0.492. The number of halogens is 1. The Morgan fingerprint density at radius 1 is 1.43 bits per heavy atom. The van der Waals surface area contributed by atoms with Crippen LogP contribution >= 0.6 is 11.6 Å². The summed E-state index contributed by atoms with van der Waals surface area (Å²) in [4.78, 5) is 12.3. The standard InChI is InChI=1S/C15H21ClN2O3/c16-12-2-1-3-13(10-12)21-9-6-18-14(19)15(11-17)4-7-20-8-5-15/h1-3,10H,4-9,11,17H2,(H,18,19). The van der Waals surface area contributed by atoms with Gasteiger partial charge in [0.15, 0.2) is 0 Å². The maximum absolute atomic E-state index is 12.3. The second-order valence-electron chi connectivity index (χ2n) is 5.16. The molecule has 0 radical (unpaired) electrons. The molecule has 0 bridgehead atoms. The Hall–Kier alpha value is -1.30. The van der Waals surface area contributed by atoms with Crippen LogP contribution < -0.4 is 15.8 Å². The van der Waals surface area contributed by atoms with E-state index in [9.17, 15) is 4.79 Å². The van der Waals surface area contributed by atoms with Crippen LogP contribution in [-0.2, 0) is 9.53 Å².